The van der Waals surface area contributed by atoms with Crippen molar-refractivity contribution in [2.75, 3.05) is 13.2 Å². The molecule has 4 aliphatic rings. The van der Waals surface area contributed by atoms with Crippen LogP contribution >= 0.6 is 0 Å². The van der Waals surface area contributed by atoms with Crippen LogP contribution in [0.15, 0.2) is 0 Å². The molecule has 4 nitrogen and oxygen atoms in total. The molecule has 4 bridgehead atoms. The molecule has 118 valence electrons. The second-order valence-electron chi connectivity index (χ2n) is 7.22. The predicted molar refractivity (Wildman–Crippen MR) is 77.4 cm³/mol. The molecule has 4 aliphatic carbocycles. The van der Waals surface area contributed by atoms with Crippen LogP contribution < -0.4 is 0 Å². The van der Waals surface area contributed by atoms with Gasteiger partial charge in [-0.05, 0) is 75.5 Å². The second-order valence-corrected chi connectivity index (χ2v) is 7.22. The molecule has 0 aromatic rings. The second kappa shape index (κ2) is 5.62. The predicted octanol–water partition coefficient (Wildman–Crippen LogP) is 2.95. The van der Waals surface area contributed by atoms with Gasteiger partial charge in [-0.25, -0.2) is 0 Å². The summed E-state index contributed by atoms with van der Waals surface area (Å²) in [7, 11) is 0. The molecule has 0 aromatic carbocycles. The molecule has 0 heterocycles. The third-order valence-electron chi connectivity index (χ3n) is 5.74. The topological polar surface area (TPSA) is 52.6 Å². The van der Waals surface area contributed by atoms with Gasteiger partial charge in [0.25, 0.3) is 0 Å². The molecule has 0 amide bonds. The van der Waals surface area contributed by atoms with Gasteiger partial charge in [-0.1, -0.05) is 0 Å². The van der Waals surface area contributed by atoms with E-state index in [0.717, 1.165) is 19.3 Å². The molecule has 4 saturated carbocycles. The molecule has 0 aliphatic heterocycles. The third kappa shape index (κ3) is 2.58. The lowest BCUT2D eigenvalue weighted by Crippen LogP contribution is -2.54. The first-order chi connectivity index (χ1) is 10.1. The zero-order chi connectivity index (χ0) is 15.0. The Bertz CT molecular complexity index is 375. The van der Waals surface area contributed by atoms with Gasteiger partial charge in [0.05, 0.1) is 13.2 Å². The van der Waals surface area contributed by atoms with Crippen LogP contribution in [0, 0.1) is 29.1 Å². The summed E-state index contributed by atoms with van der Waals surface area (Å²) in [5.74, 6) is 0.661. The van der Waals surface area contributed by atoms with Crippen molar-refractivity contribution in [1.29, 1.82) is 0 Å². The SMILES string of the molecule is CCOC(=O)C(C(=O)OCC)C12CC3CC(CC(C3)C1)C2. The average Bonchev–Trinajstić information content (AvgIpc) is 2.37. The lowest BCUT2D eigenvalue weighted by atomic mass is 9.46. The van der Waals surface area contributed by atoms with Crippen LogP contribution in [0.1, 0.15) is 52.4 Å². The van der Waals surface area contributed by atoms with E-state index in [0.29, 0.717) is 31.0 Å². The van der Waals surface area contributed by atoms with Crippen LogP contribution in [0.5, 0.6) is 0 Å². The van der Waals surface area contributed by atoms with Gasteiger partial charge >= 0.3 is 11.9 Å². The summed E-state index contributed by atoms with van der Waals surface area (Å²) in [6.45, 7) is 4.22. The fraction of sp³-hybridized carbons (Fsp3) is 0.882. The van der Waals surface area contributed by atoms with Crippen molar-refractivity contribution < 1.29 is 19.1 Å². The van der Waals surface area contributed by atoms with Crippen molar-refractivity contribution in [3.05, 3.63) is 0 Å². The molecule has 0 aromatic heterocycles. The largest absolute Gasteiger partial charge is 0.465 e. The van der Waals surface area contributed by atoms with Gasteiger partial charge in [-0.3, -0.25) is 9.59 Å². The summed E-state index contributed by atoms with van der Waals surface area (Å²) in [5, 5.41) is 0. The summed E-state index contributed by atoms with van der Waals surface area (Å²) in [6, 6.07) is 0. The normalized spacial score (nSPS) is 36.8. The van der Waals surface area contributed by atoms with Crippen LogP contribution in [0.2, 0.25) is 0 Å². The summed E-state index contributed by atoms with van der Waals surface area (Å²) < 4.78 is 10.4. The number of ether oxygens (including phenoxy) is 2. The quantitative estimate of drug-likeness (QED) is 0.578. The van der Waals surface area contributed by atoms with Crippen molar-refractivity contribution in [1.82, 2.24) is 0 Å². The molecule has 0 saturated heterocycles. The lowest BCUT2D eigenvalue weighted by molar-refractivity contribution is -0.179. The number of rotatable bonds is 5. The highest BCUT2D eigenvalue weighted by molar-refractivity contribution is 5.96. The molecule has 0 radical (unpaired) electrons. The van der Waals surface area contributed by atoms with Crippen LogP contribution in [0.25, 0.3) is 0 Å². The summed E-state index contributed by atoms with van der Waals surface area (Å²) in [4.78, 5) is 24.9. The average molecular weight is 294 g/mol. The zero-order valence-corrected chi connectivity index (χ0v) is 13.1. The Balaban J connectivity index is 1.88. The number of hydrogen-bond acceptors (Lipinski definition) is 4. The van der Waals surface area contributed by atoms with E-state index in [1.165, 1.54) is 19.3 Å². The molecule has 4 heteroatoms. The Morgan fingerprint density at radius 2 is 1.29 bits per heavy atom. The van der Waals surface area contributed by atoms with E-state index in [9.17, 15) is 9.59 Å². The molecule has 0 spiro atoms. The van der Waals surface area contributed by atoms with E-state index >= 15 is 0 Å². The summed E-state index contributed by atoms with van der Waals surface area (Å²) >= 11 is 0. The molecule has 0 atom stereocenters. The van der Waals surface area contributed by atoms with Crippen LogP contribution in [-0.2, 0) is 19.1 Å². The van der Waals surface area contributed by atoms with Crippen LogP contribution in [0.3, 0.4) is 0 Å². The standard InChI is InChI=1S/C17H26O4/c1-3-20-15(18)14(16(19)21-4-2)17-8-11-5-12(9-17)7-13(6-11)10-17/h11-14H,3-10H2,1-2H3. The minimum atomic E-state index is -0.703. The smallest absolute Gasteiger partial charge is 0.320 e. The first kappa shape index (κ1) is 14.9. The minimum absolute atomic E-state index is 0.187. The van der Waals surface area contributed by atoms with Gasteiger partial charge in [0.2, 0.25) is 0 Å². The molecule has 0 unspecified atom stereocenters. The monoisotopic (exact) mass is 294 g/mol. The fourth-order valence-electron chi connectivity index (χ4n) is 5.58. The number of esters is 2. The number of carbonyl (C=O) groups excluding carboxylic acids is 2. The van der Waals surface area contributed by atoms with Gasteiger partial charge in [0.1, 0.15) is 0 Å². The molecular weight excluding hydrogens is 268 g/mol. The fourth-order valence-corrected chi connectivity index (χ4v) is 5.58. The first-order valence-electron chi connectivity index (χ1n) is 8.41. The van der Waals surface area contributed by atoms with E-state index < -0.39 is 5.92 Å². The van der Waals surface area contributed by atoms with Crippen molar-refractivity contribution >= 4 is 11.9 Å². The zero-order valence-electron chi connectivity index (χ0n) is 13.1. The lowest BCUT2D eigenvalue weighted by Gasteiger charge is -2.58. The number of hydrogen-bond donors (Lipinski definition) is 0. The highest BCUT2D eigenvalue weighted by atomic mass is 16.6. The van der Waals surface area contributed by atoms with E-state index in [-0.39, 0.29) is 17.4 Å². The van der Waals surface area contributed by atoms with Crippen molar-refractivity contribution in [2.24, 2.45) is 29.1 Å². The van der Waals surface area contributed by atoms with E-state index in [1.807, 2.05) is 0 Å². The maximum Gasteiger partial charge on any atom is 0.320 e. The van der Waals surface area contributed by atoms with E-state index in [1.54, 1.807) is 13.8 Å². The molecular formula is C17H26O4. The molecule has 4 fully saturated rings. The highest BCUT2D eigenvalue weighted by Gasteiger charge is 2.59. The Morgan fingerprint density at radius 1 is 0.905 bits per heavy atom. The summed E-state index contributed by atoms with van der Waals surface area (Å²) in [6.07, 6.45) is 6.87. The minimum Gasteiger partial charge on any atom is -0.465 e. The van der Waals surface area contributed by atoms with Gasteiger partial charge < -0.3 is 9.47 Å². The van der Waals surface area contributed by atoms with E-state index in [2.05, 4.69) is 0 Å². The number of carbonyl (C=O) groups is 2. The maximum atomic E-state index is 12.5. The van der Waals surface area contributed by atoms with Crippen molar-refractivity contribution in [2.45, 2.75) is 52.4 Å². The summed E-state index contributed by atoms with van der Waals surface area (Å²) in [5.41, 5.74) is -0.187. The molecule has 0 N–H and O–H groups in total. The van der Waals surface area contributed by atoms with Gasteiger partial charge in [-0.15, -0.1) is 0 Å². The van der Waals surface area contributed by atoms with Crippen molar-refractivity contribution in [3.8, 4) is 0 Å². The van der Waals surface area contributed by atoms with Gasteiger partial charge in [0.15, 0.2) is 5.92 Å². The molecule has 4 rings (SSSR count). The highest BCUT2D eigenvalue weighted by Crippen LogP contribution is 2.63. The van der Waals surface area contributed by atoms with Gasteiger partial charge in [-0.2, -0.15) is 0 Å². The first-order valence-corrected chi connectivity index (χ1v) is 8.41. The Morgan fingerprint density at radius 3 is 1.62 bits per heavy atom. The van der Waals surface area contributed by atoms with E-state index in [4.69, 9.17) is 9.47 Å². The van der Waals surface area contributed by atoms with Crippen molar-refractivity contribution in [3.63, 3.8) is 0 Å². The van der Waals surface area contributed by atoms with Crippen LogP contribution in [-0.4, -0.2) is 25.2 Å². The Kier molecular flexibility index (Phi) is 3.98. The Hall–Kier alpha value is -1.06. The Labute approximate surface area is 126 Å². The maximum absolute atomic E-state index is 12.5. The van der Waals surface area contributed by atoms with Gasteiger partial charge in [0, 0.05) is 0 Å². The van der Waals surface area contributed by atoms with Crippen LogP contribution in [0.4, 0.5) is 0 Å². The molecule has 21 heavy (non-hydrogen) atoms. The third-order valence-corrected chi connectivity index (χ3v) is 5.74.